The van der Waals surface area contributed by atoms with Gasteiger partial charge in [0.25, 0.3) is 11.6 Å². The summed E-state index contributed by atoms with van der Waals surface area (Å²) in [5, 5.41) is 14.8. The standard InChI is InChI=1S/C26H22N4O7S/c1-2-36-25-17-19(9-14-24(25)37-38(34,35)21-12-10-20(11-13-21)30(32)33)18-27-28-26(31)22-7-3-4-8-23(22)29-15-5-6-16-29/h3-18H,2H2,1H3,(H,28,31)/b27-18-. The first-order valence-electron chi connectivity index (χ1n) is 11.3. The normalized spacial score (nSPS) is 11.3. The minimum atomic E-state index is -4.29. The Morgan fingerprint density at radius 3 is 2.42 bits per heavy atom. The first kappa shape index (κ1) is 26.1. The number of nitro groups is 1. The molecule has 0 saturated carbocycles. The third-order valence-electron chi connectivity index (χ3n) is 5.21. The number of ether oxygens (including phenoxy) is 1. The molecule has 0 aliphatic rings. The lowest BCUT2D eigenvalue weighted by Crippen LogP contribution is -2.19. The van der Waals surface area contributed by atoms with Gasteiger partial charge in [-0.25, -0.2) is 5.43 Å². The number of non-ortho nitro benzene ring substituents is 1. The lowest BCUT2D eigenvalue weighted by molar-refractivity contribution is -0.384. The van der Waals surface area contributed by atoms with Gasteiger partial charge in [0.05, 0.1) is 29.0 Å². The van der Waals surface area contributed by atoms with Crippen molar-refractivity contribution in [3.8, 4) is 17.2 Å². The molecule has 1 N–H and O–H groups in total. The van der Waals surface area contributed by atoms with Crippen LogP contribution in [0.1, 0.15) is 22.8 Å². The number of hydrogen-bond acceptors (Lipinski definition) is 8. The number of nitrogens with one attached hydrogen (secondary N) is 1. The molecule has 1 aromatic heterocycles. The summed E-state index contributed by atoms with van der Waals surface area (Å²) in [7, 11) is -4.29. The molecule has 0 unspecified atom stereocenters. The molecular formula is C26H22N4O7S. The Labute approximate surface area is 218 Å². The van der Waals surface area contributed by atoms with E-state index in [1.54, 1.807) is 19.1 Å². The van der Waals surface area contributed by atoms with Crippen molar-refractivity contribution < 1.29 is 27.1 Å². The molecule has 0 fully saturated rings. The van der Waals surface area contributed by atoms with E-state index in [0.29, 0.717) is 16.8 Å². The summed E-state index contributed by atoms with van der Waals surface area (Å²) in [5.41, 5.74) is 3.87. The fourth-order valence-electron chi connectivity index (χ4n) is 3.45. The lowest BCUT2D eigenvalue weighted by Gasteiger charge is -2.12. The van der Waals surface area contributed by atoms with Crippen LogP contribution in [0.2, 0.25) is 0 Å². The van der Waals surface area contributed by atoms with Gasteiger partial charge in [0.15, 0.2) is 11.5 Å². The minimum absolute atomic E-state index is 0.0768. The summed E-state index contributed by atoms with van der Waals surface area (Å²) in [6.07, 6.45) is 5.04. The average Bonchev–Trinajstić information content (AvgIpc) is 3.45. The summed E-state index contributed by atoms with van der Waals surface area (Å²) in [6.45, 7) is 1.94. The predicted octanol–water partition coefficient (Wildman–Crippen LogP) is 4.32. The van der Waals surface area contributed by atoms with E-state index in [4.69, 9.17) is 8.92 Å². The van der Waals surface area contributed by atoms with E-state index in [9.17, 15) is 23.3 Å². The van der Waals surface area contributed by atoms with Crippen molar-refractivity contribution in [2.45, 2.75) is 11.8 Å². The summed E-state index contributed by atoms with van der Waals surface area (Å²) in [4.78, 5) is 22.7. The molecule has 194 valence electrons. The first-order chi connectivity index (χ1) is 18.3. The first-order valence-corrected chi connectivity index (χ1v) is 12.7. The number of para-hydroxylation sites is 1. The Kier molecular flexibility index (Phi) is 7.83. The van der Waals surface area contributed by atoms with Crippen molar-refractivity contribution in [3.05, 3.63) is 112 Å². The Morgan fingerprint density at radius 1 is 1.03 bits per heavy atom. The van der Waals surface area contributed by atoms with Crippen LogP contribution < -0.4 is 14.3 Å². The monoisotopic (exact) mass is 534 g/mol. The molecule has 12 heteroatoms. The van der Waals surface area contributed by atoms with E-state index in [2.05, 4.69) is 10.5 Å². The fourth-order valence-corrected chi connectivity index (χ4v) is 4.39. The zero-order chi connectivity index (χ0) is 27.1. The van der Waals surface area contributed by atoms with E-state index in [0.717, 1.165) is 24.3 Å². The maximum absolute atomic E-state index is 12.7. The number of benzene rings is 3. The lowest BCUT2D eigenvalue weighted by atomic mass is 10.1. The van der Waals surface area contributed by atoms with E-state index in [1.165, 1.54) is 24.4 Å². The number of hydrazone groups is 1. The van der Waals surface area contributed by atoms with Gasteiger partial charge in [0.2, 0.25) is 0 Å². The molecule has 4 aromatic rings. The molecular weight excluding hydrogens is 512 g/mol. The summed E-state index contributed by atoms with van der Waals surface area (Å²) in [6, 6.07) is 19.5. The Bertz CT molecular complexity index is 1580. The molecule has 0 saturated heterocycles. The number of hydrogen-bond donors (Lipinski definition) is 1. The van der Waals surface area contributed by atoms with Gasteiger partial charge < -0.3 is 13.5 Å². The predicted molar refractivity (Wildman–Crippen MR) is 139 cm³/mol. The number of carbonyl (C=O) groups is 1. The van der Waals surface area contributed by atoms with Gasteiger partial charge in [-0.2, -0.15) is 13.5 Å². The molecule has 3 aromatic carbocycles. The molecule has 0 radical (unpaired) electrons. The van der Waals surface area contributed by atoms with Crippen molar-refractivity contribution >= 4 is 27.9 Å². The molecule has 4 rings (SSSR count). The third kappa shape index (κ3) is 6.05. The van der Waals surface area contributed by atoms with Crippen LogP contribution in [0.3, 0.4) is 0 Å². The van der Waals surface area contributed by atoms with Gasteiger partial charge in [-0.05, 0) is 67.1 Å². The summed E-state index contributed by atoms with van der Waals surface area (Å²) in [5.74, 6) is -0.358. The Balaban J connectivity index is 1.49. The maximum Gasteiger partial charge on any atom is 0.339 e. The van der Waals surface area contributed by atoms with Gasteiger partial charge in [0.1, 0.15) is 4.90 Å². The van der Waals surface area contributed by atoms with Crippen LogP contribution in [-0.4, -0.2) is 36.6 Å². The highest BCUT2D eigenvalue weighted by Gasteiger charge is 2.21. The van der Waals surface area contributed by atoms with Gasteiger partial charge >= 0.3 is 10.1 Å². The van der Waals surface area contributed by atoms with Gasteiger partial charge in [0, 0.05) is 24.5 Å². The minimum Gasteiger partial charge on any atom is -0.490 e. The van der Waals surface area contributed by atoms with Crippen molar-refractivity contribution in [2.24, 2.45) is 5.10 Å². The summed E-state index contributed by atoms with van der Waals surface area (Å²) < 4.78 is 38.0. The molecule has 0 spiro atoms. The van der Waals surface area contributed by atoms with Crippen molar-refractivity contribution in [1.29, 1.82) is 0 Å². The Hall–Kier alpha value is -4.97. The molecule has 11 nitrogen and oxygen atoms in total. The average molecular weight is 535 g/mol. The van der Waals surface area contributed by atoms with Crippen LogP contribution in [0.15, 0.2) is 101 Å². The SMILES string of the molecule is CCOc1cc(/C=N\NC(=O)c2ccccc2-n2cccc2)ccc1OS(=O)(=O)c1ccc([N+](=O)[O-])cc1. The number of nitrogens with zero attached hydrogens (tertiary/aromatic N) is 3. The highest BCUT2D eigenvalue weighted by Crippen LogP contribution is 2.31. The molecule has 0 atom stereocenters. The Morgan fingerprint density at radius 2 is 1.74 bits per heavy atom. The third-order valence-corrected chi connectivity index (χ3v) is 6.46. The quantitative estimate of drug-likeness (QED) is 0.138. The van der Waals surface area contributed by atoms with E-state index < -0.39 is 20.9 Å². The maximum atomic E-state index is 12.7. The van der Waals surface area contributed by atoms with E-state index in [1.807, 2.05) is 41.2 Å². The topological polar surface area (TPSA) is 142 Å². The largest absolute Gasteiger partial charge is 0.490 e. The van der Waals surface area contributed by atoms with E-state index >= 15 is 0 Å². The van der Waals surface area contributed by atoms with Crippen LogP contribution in [0, 0.1) is 10.1 Å². The molecule has 0 bridgehead atoms. The number of nitro benzene ring substituents is 1. The van der Waals surface area contributed by atoms with Crippen LogP contribution in [0.4, 0.5) is 5.69 Å². The smallest absolute Gasteiger partial charge is 0.339 e. The summed E-state index contributed by atoms with van der Waals surface area (Å²) >= 11 is 0. The number of rotatable bonds is 10. The zero-order valence-electron chi connectivity index (χ0n) is 20.1. The number of aromatic nitrogens is 1. The van der Waals surface area contributed by atoms with E-state index in [-0.39, 0.29) is 28.7 Å². The molecule has 38 heavy (non-hydrogen) atoms. The highest BCUT2D eigenvalue weighted by molar-refractivity contribution is 7.87. The van der Waals surface area contributed by atoms with Crippen molar-refractivity contribution in [1.82, 2.24) is 9.99 Å². The van der Waals surface area contributed by atoms with Crippen LogP contribution in [-0.2, 0) is 10.1 Å². The van der Waals surface area contributed by atoms with Crippen molar-refractivity contribution in [3.63, 3.8) is 0 Å². The number of carbonyl (C=O) groups excluding carboxylic acids is 1. The second kappa shape index (κ2) is 11.4. The molecule has 0 aliphatic heterocycles. The molecule has 1 heterocycles. The second-order valence-corrected chi connectivity index (χ2v) is 9.28. The van der Waals surface area contributed by atoms with Crippen LogP contribution in [0.5, 0.6) is 11.5 Å². The zero-order valence-corrected chi connectivity index (χ0v) is 20.9. The van der Waals surface area contributed by atoms with Gasteiger partial charge in [-0.15, -0.1) is 0 Å². The highest BCUT2D eigenvalue weighted by atomic mass is 32.2. The van der Waals surface area contributed by atoms with Crippen LogP contribution in [0.25, 0.3) is 5.69 Å². The second-order valence-electron chi connectivity index (χ2n) is 7.73. The fraction of sp³-hybridized carbons (Fsp3) is 0.0769. The van der Waals surface area contributed by atoms with Crippen LogP contribution >= 0.6 is 0 Å². The molecule has 0 aliphatic carbocycles. The van der Waals surface area contributed by atoms with Gasteiger partial charge in [-0.1, -0.05) is 12.1 Å². The van der Waals surface area contributed by atoms with Crippen molar-refractivity contribution in [2.75, 3.05) is 6.61 Å². The number of amides is 1. The molecule has 1 amide bonds. The van der Waals surface area contributed by atoms with Gasteiger partial charge in [-0.3, -0.25) is 14.9 Å².